The lowest BCUT2D eigenvalue weighted by molar-refractivity contribution is -0.140. The van der Waals surface area contributed by atoms with E-state index in [1.807, 2.05) is 29.8 Å². The number of methoxy groups -OCH3 is 2. The Hall–Kier alpha value is -3.11. The number of amides is 2. The van der Waals surface area contributed by atoms with Crippen molar-refractivity contribution in [3.8, 4) is 17.2 Å². The van der Waals surface area contributed by atoms with Crippen LogP contribution in [0, 0.1) is 6.92 Å². The van der Waals surface area contributed by atoms with E-state index in [1.54, 1.807) is 30.5 Å². The summed E-state index contributed by atoms with van der Waals surface area (Å²) >= 11 is 3.17. The van der Waals surface area contributed by atoms with Gasteiger partial charge in [-0.25, -0.2) is 4.98 Å². The molecule has 1 fully saturated rings. The lowest BCUT2D eigenvalue weighted by Gasteiger charge is -2.30. The normalized spacial score (nSPS) is 15.5. The zero-order valence-corrected chi connectivity index (χ0v) is 23.1. The van der Waals surface area contributed by atoms with Gasteiger partial charge in [0.25, 0.3) is 0 Å². The van der Waals surface area contributed by atoms with Crippen LogP contribution in [0.5, 0.6) is 17.2 Å². The molecule has 3 heterocycles. The van der Waals surface area contributed by atoms with Crippen molar-refractivity contribution in [3.63, 3.8) is 0 Å². The van der Waals surface area contributed by atoms with Crippen molar-refractivity contribution in [1.29, 1.82) is 0 Å². The smallest absolute Gasteiger partial charge is 0.242 e. The van der Waals surface area contributed by atoms with E-state index in [2.05, 4.69) is 21.7 Å². The van der Waals surface area contributed by atoms with Crippen LogP contribution in [0.25, 0.3) is 0 Å². The Morgan fingerprint density at radius 2 is 1.95 bits per heavy atom. The lowest BCUT2D eigenvalue weighted by atomic mass is 10.1. The number of benzene rings is 1. The first-order valence-electron chi connectivity index (χ1n) is 12.4. The van der Waals surface area contributed by atoms with Gasteiger partial charge in [-0.1, -0.05) is 0 Å². The molecule has 1 atom stereocenters. The molecular formula is C27H33N3O5S2. The van der Waals surface area contributed by atoms with E-state index < -0.39 is 6.04 Å². The summed E-state index contributed by atoms with van der Waals surface area (Å²) in [6.45, 7) is 3.25. The van der Waals surface area contributed by atoms with Crippen LogP contribution in [0.1, 0.15) is 41.1 Å². The second-order valence-electron chi connectivity index (χ2n) is 8.92. The molecule has 1 saturated heterocycles. The van der Waals surface area contributed by atoms with Crippen molar-refractivity contribution >= 4 is 34.5 Å². The minimum Gasteiger partial charge on any atom is -0.493 e. The van der Waals surface area contributed by atoms with Gasteiger partial charge >= 0.3 is 0 Å². The molecule has 1 aliphatic rings. The molecule has 1 aromatic carbocycles. The number of nitrogens with one attached hydrogen (secondary N) is 1. The minimum atomic E-state index is -0.548. The third kappa shape index (κ3) is 7.01. The standard InChI is InChI=1S/C27H33N3O5S2/c1-18-29-21(17-37-18)14-25(31)30(22-6-4-5-9-28-27(22)32)15-20-12-23(33-2)26(24(13-20)34-3)35-10-7-19-8-11-36-16-19/h8,11-13,16-17,22H,4-7,9-10,14-15H2,1-3H3,(H,28,32)/t22-/m0/s1. The predicted molar refractivity (Wildman–Crippen MR) is 145 cm³/mol. The second-order valence-corrected chi connectivity index (χ2v) is 10.8. The number of hydrogen-bond acceptors (Lipinski definition) is 8. The Morgan fingerprint density at radius 1 is 1.16 bits per heavy atom. The van der Waals surface area contributed by atoms with Crippen LogP contribution < -0.4 is 19.5 Å². The topological polar surface area (TPSA) is 90.0 Å². The molecule has 1 N–H and O–H groups in total. The first-order chi connectivity index (χ1) is 18.0. The summed E-state index contributed by atoms with van der Waals surface area (Å²) in [5, 5.41) is 9.91. The van der Waals surface area contributed by atoms with Gasteiger partial charge in [-0.2, -0.15) is 11.3 Å². The first-order valence-corrected chi connectivity index (χ1v) is 14.2. The third-order valence-corrected chi connectivity index (χ3v) is 7.85. The molecule has 0 saturated carbocycles. The molecule has 0 radical (unpaired) electrons. The number of ether oxygens (including phenoxy) is 3. The molecule has 3 aromatic rings. The number of rotatable bonds is 11. The Kier molecular flexibility index (Phi) is 9.40. The highest BCUT2D eigenvalue weighted by atomic mass is 32.1. The van der Waals surface area contributed by atoms with Gasteiger partial charge in [0.2, 0.25) is 17.6 Å². The molecule has 10 heteroatoms. The summed E-state index contributed by atoms with van der Waals surface area (Å²) in [5.74, 6) is 1.31. The first kappa shape index (κ1) is 26.9. The maximum Gasteiger partial charge on any atom is 0.242 e. The fourth-order valence-electron chi connectivity index (χ4n) is 4.41. The largest absolute Gasteiger partial charge is 0.493 e. The number of thiophene rings is 1. The van der Waals surface area contributed by atoms with Crippen LogP contribution in [0.2, 0.25) is 0 Å². The summed E-state index contributed by atoms with van der Waals surface area (Å²) in [4.78, 5) is 32.6. The fraction of sp³-hybridized carbons (Fsp3) is 0.444. The number of aryl methyl sites for hydroxylation is 1. The lowest BCUT2D eigenvalue weighted by Crippen LogP contribution is -2.48. The van der Waals surface area contributed by atoms with Gasteiger partial charge in [0.15, 0.2) is 11.5 Å². The van der Waals surface area contributed by atoms with Crippen molar-refractivity contribution < 1.29 is 23.8 Å². The number of carbonyl (C=O) groups is 2. The zero-order chi connectivity index (χ0) is 26.2. The monoisotopic (exact) mass is 543 g/mol. The van der Waals surface area contributed by atoms with E-state index in [-0.39, 0.29) is 24.8 Å². The van der Waals surface area contributed by atoms with E-state index >= 15 is 0 Å². The zero-order valence-electron chi connectivity index (χ0n) is 21.5. The average Bonchev–Trinajstić information content (AvgIpc) is 3.51. The van der Waals surface area contributed by atoms with Crippen molar-refractivity contribution in [3.05, 3.63) is 56.2 Å². The molecule has 0 aliphatic carbocycles. The molecule has 0 unspecified atom stereocenters. The van der Waals surface area contributed by atoms with Gasteiger partial charge in [0, 0.05) is 24.9 Å². The minimum absolute atomic E-state index is 0.118. The number of thiazole rings is 1. The summed E-state index contributed by atoms with van der Waals surface area (Å²) in [5.41, 5.74) is 2.72. The van der Waals surface area contributed by atoms with Crippen LogP contribution in [0.15, 0.2) is 34.3 Å². The van der Waals surface area contributed by atoms with Gasteiger partial charge < -0.3 is 24.4 Å². The molecule has 8 nitrogen and oxygen atoms in total. The van der Waals surface area contributed by atoms with E-state index in [9.17, 15) is 9.59 Å². The Balaban J connectivity index is 1.58. The quantitative estimate of drug-likeness (QED) is 0.386. The Morgan fingerprint density at radius 3 is 2.59 bits per heavy atom. The highest BCUT2D eigenvalue weighted by molar-refractivity contribution is 7.09. The van der Waals surface area contributed by atoms with Crippen molar-refractivity contribution in [1.82, 2.24) is 15.2 Å². The molecule has 37 heavy (non-hydrogen) atoms. The summed E-state index contributed by atoms with van der Waals surface area (Å²) in [6.07, 6.45) is 3.30. The van der Waals surface area contributed by atoms with Gasteiger partial charge in [-0.3, -0.25) is 9.59 Å². The Labute approximate surface area is 225 Å². The Bertz CT molecular complexity index is 1170. The van der Waals surface area contributed by atoms with Crippen molar-refractivity contribution in [2.45, 2.75) is 51.6 Å². The average molecular weight is 544 g/mol. The highest BCUT2D eigenvalue weighted by Crippen LogP contribution is 2.39. The molecule has 2 aromatic heterocycles. The number of nitrogens with zero attached hydrogens (tertiary/aromatic N) is 2. The van der Waals surface area contributed by atoms with Crippen LogP contribution >= 0.6 is 22.7 Å². The molecule has 0 bridgehead atoms. The van der Waals surface area contributed by atoms with E-state index in [1.165, 1.54) is 16.9 Å². The van der Waals surface area contributed by atoms with Crippen LogP contribution in [0.3, 0.4) is 0 Å². The van der Waals surface area contributed by atoms with E-state index in [0.29, 0.717) is 36.8 Å². The van der Waals surface area contributed by atoms with E-state index in [0.717, 1.165) is 35.5 Å². The summed E-state index contributed by atoms with van der Waals surface area (Å²) < 4.78 is 17.4. The van der Waals surface area contributed by atoms with Crippen molar-refractivity contribution in [2.24, 2.45) is 0 Å². The SMILES string of the molecule is COc1cc(CN(C(=O)Cc2csc(C)n2)[C@H]2CCCCNC2=O)cc(OC)c1OCCc1ccsc1. The number of carbonyl (C=O) groups excluding carboxylic acids is 2. The maximum absolute atomic E-state index is 13.5. The fourth-order valence-corrected chi connectivity index (χ4v) is 5.72. The maximum atomic E-state index is 13.5. The molecule has 0 spiro atoms. The molecule has 198 valence electrons. The predicted octanol–water partition coefficient (Wildman–Crippen LogP) is 4.39. The van der Waals surface area contributed by atoms with Crippen LogP contribution in [-0.4, -0.2) is 55.1 Å². The molecular weight excluding hydrogens is 510 g/mol. The third-order valence-electron chi connectivity index (χ3n) is 6.29. The van der Waals surface area contributed by atoms with Crippen molar-refractivity contribution in [2.75, 3.05) is 27.4 Å². The van der Waals surface area contributed by atoms with Crippen LogP contribution in [0.4, 0.5) is 0 Å². The van der Waals surface area contributed by atoms with E-state index in [4.69, 9.17) is 14.2 Å². The molecule has 1 aliphatic heterocycles. The number of hydrogen-bond donors (Lipinski definition) is 1. The van der Waals surface area contributed by atoms with Gasteiger partial charge in [0.05, 0.1) is 37.9 Å². The molecule has 2 amide bonds. The summed E-state index contributed by atoms with van der Waals surface area (Å²) in [6, 6.07) is 5.23. The second kappa shape index (κ2) is 12.9. The summed E-state index contributed by atoms with van der Waals surface area (Å²) in [7, 11) is 3.16. The van der Waals surface area contributed by atoms with Crippen LogP contribution in [-0.2, 0) is 29.0 Å². The van der Waals surface area contributed by atoms with Gasteiger partial charge in [-0.15, -0.1) is 11.3 Å². The molecule has 4 rings (SSSR count). The highest BCUT2D eigenvalue weighted by Gasteiger charge is 2.31. The van der Waals surface area contributed by atoms with Gasteiger partial charge in [-0.05, 0) is 66.3 Å². The number of aromatic nitrogens is 1. The van der Waals surface area contributed by atoms with Gasteiger partial charge in [0.1, 0.15) is 6.04 Å².